The Morgan fingerprint density at radius 3 is 2.69 bits per heavy atom. The third-order valence-corrected chi connectivity index (χ3v) is 5.66. The maximum atomic E-state index is 12.3. The van der Waals surface area contributed by atoms with Crippen molar-refractivity contribution >= 4 is 17.3 Å². The minimum absolute atomic E-state index is 0.0350. The van der Waals surface area contributed by atoms with Gasteiger partial charge in [0.05, 0.1) is 22.9 Å². The monoisotopic (exact) mass is 373 g/mol. The van der Waals surface area contributed by atoms with Gasteiger partial charge in [-0.3, -0.25) is 14.7 Å². The Morgan fingerprint density at radius 2 is 1.88 bits per heavy atom. The van der Waals surface area contributed by atoms with Gasteiger partial charge in [0.1, 0.15) is 0 Å². The summed E-state index contributed by atoms with van der Waals surface area (Å²) in [6.07, 6.45) is 7.82. The predicted molar refractivity (Wildman–Crippen MR) is 103 cm³/mol. The van der Waals surface area contributed by atoms with E-state index in [1.165, 1.54) is 12.8 Å². The predicted octanol–water partition coefficient (Wildman–Crippen LogP) is 1.99. The van der Waals surface area contributed by atoms with E-state index in [4.69, 9.17) is 11.6 Å². The molecule has 3 heterocycles. The van der Waals surface area contributed by atoms with Crippen LogP contribution in [0.3, 0.4) is 0 Å². The summed E-state index contributed by atoms with van der Waals surface area (Å²) in [7, 11) is 0. The Balaban J connectivity index is 1.34. The van der Waals surface area contributed by atoms with Gasteiger partial charge in [0.2, 0.25) is 0 Å². The van der Waals surface area contributed by atoms with E-state index in [0.717, 1.165) is 62.5 Å². The van der Waals surface area contributed by atoms with Crippen LogP contribution in [-0.4, -0.2) is 52.4 Å². The van der Waals surface area contributed by atoms with Gasteiger partial charge < -0.3 is 4.90 Å². The summed E-state index contributed by atoms with van der Waals surface area (Å²) in [6, 6.07) is 3.76. The summed E-state index contributed by atoms with van der Waals surface area (Å²) in [6.45, 7) is 5.27. The molecule has 0 saturated carbocycles. The van der Waals surface area contributed by atoms with Crippen molar-refractivity contribution in [2.75, 3.05) is 37.6 Å². The molecule has 0 spiro atoms. The molecule has 0 aromatic carbocycles. The van der Waals surface area contributed by atoms with Gasteiger partial charge in [0, 0.05) is 51.2 Å². The SMILES string of the molecule is O=c1cc2c(nn1CCN1CCN(c3ccncc3Cl)CC1)CCCC2. The zero-order valence-electron chi connectivity index (χ0n) is 14.9. The Morgan fingerprint density at radius 1 is 1.08 bits per heavy atom. The highest BCUT2D eigenvalue weighted by atomic mass is 35.5. The molecule has 1 aliphatic carbocycles. The van der Waals surface area contributed by atoms with Crippen molar-refractivity contribution in [2.45, 2.75) is 32.2 Å². The van der Waals surface area contributed by atoms with E-state index in [1.807, 2.05) is 6.07 Å². The molecule has 2 aromatic heterocycles. The molecule has 7 heteroatoms. The smallest absolute Gasteiger partial charge is 0.267 e. The second-order valence-corrected chi connectivity index (χ2v) is 7.45. The molecule has 2 aromatic rings. The number of hydrogen-bond acceptors (Lipinski definition) is 5. The Kier molecular flexibility index (Phi) is 5.22. The first kappa shape index (κ1) is 17.5. The maximum Gasteiger partial charge on any atom is 0.267 e. The van der Waals surface area contributed by atoms with Crippen LogP contribution in [0.1, 0.15) is 24.1 Å². The Labute approximate surface area is 158 Å². The van der Waals surface area contributed by atoms with Crippen LogP contribution in [0.15, 0.2) is 29.3 Å². The third kappa shape index (κ3) is 3.76. The molecular weight excluding hydrogens is 350 g/mol. The number of piperazine rings is 1. The third-order valence-electron chi connectivity index (χ3n) is 5.37. The van der Waals surface area contributed by atoms with Gasteiger partial charge in [0.25, 0.3) is 5.56 Å². The number of hydrogen-bond donors (Lipinski definition) is 0. The minimum Gasteiger partial charge on any atom is -0.368 e. The molecule has 2 aliphatic rings. The summed E-state index contributed by atoms with van der Waals surface area (Å²) in [4.78, 5) is 21.0. The van der Waals surface area contributed by atoms with Crippen LogP contribution in [0.4, 0.5) is 5.69 Å². The summed E-state index contributed by atoms with van der Waals surface area (Å²) in [5.41, 5.74) is 3.36. The van der Waals surface area contributed by atoms with E-state index in [0.29, 0.717) is 11.6 Å². The molecule has 0 bridgehead atoms. The fraction of sp³-hybridized carbons (Fsp3) is 0.526. The van der Waals surface area contributed by atoms with Gasteiger partial charge in [-0.1, -0.05) is 11.6 Å². The van der Waals surface area contributed by atoms with Crippen molar-refractivity contribution in [1.82, 2.24) is 19.7 Å². The van der Waals surface area contributed by atoms with E-state index in [-0.39, 0.29) is 5.56 Å². The summed E-state index contributed by atoms with van der Waals surface area (Å²) in [5.74, 6) is 0. The van der Waals surface area contributed by atoms with E-state index in [2.05, 4.69) is 19.9 Å². The Bertz CT molecular complexity index is 829. The van der Waals surface area contributed by atoms with Crippen LogP contribution >= 0.6 is 11.6 Å². The summed E-state index contributed by atoms with van der Waals surface area (Å²) < 4.78 is 1.65. The van der Waals surface area contributed by atoms with Gasteiger partial charge in [-0.05, 0) is 37.3 Å². The minimum atomic E-state index is 0.0350. The van der Waals surface area contributed by atoms with E-state index >= 15 is 0 Å². The quantitative estimate of drug-likeness (QED) is 0.820. The molecule has 0 unspecified atom stereocenters. The molecule has 6 nitrogen and oxygen atoms in total. The second-order valence-electron chi connectivity index (χ2n) is 7.04. The highest BCUT2D eigenvalue weighted by Gasteiger charge is 2.19. The van der Waals surface area contributed by atoms with Crippen molar-refractivity contribution in [3.8, 4) is 0 Å². The first-order valence-electron chi connectivity index (χ1n) is 9.37. The number of halogens is 1. The highest BCUT2D eigenvalue weighted by Crippen LogP contribution is 2.25. The number of aromatic nitrogens is 3. The average Bonchev–Trinajstić information content (AvgIpc) is 2.67. The zero-order chi connectivity index (χ0) is 17.9. The number of rotatable bonds is 4. The van der Waals surface area contributed by atoms with Gasteiger partial charge >= 0.3 is 0 Å². The van der Waals surface area contributed by atoms with Gasteiger partial charge in [0.15, 0.2) is 0 Å². The first-order chi connectivity index (χ1) is 12.7. The number of aryl methyl sites for hydroxylation is 2. The zero-order valence-corrected chi connectivity index (χ0v) is 15.7. The van der Waals surface area contributed by atoms with Crippen molar-refractivity contribution in [1.29, 1.82) is 0 Å². The van der Waals surface area contributed by atoms with Crippen molar-refractivity contribution in [2.24, 2.45) is 0 Å². The van der Waals surface area contributed by atoms with E-state index in [9.17, 15) is 4.79 Å². The van der Waals surface area contributed by atoms with Crippen LogP contribution in [0.25, 0.3) is 0 Å². The number of fused-ring (bicyclic) bond motifs is 1. The Hall–Kier alpha value is -1.92. The molecule has 0 amide bonds. The molecule has 0 atom stereocenters. The van der Waals surface area contributed by atoms with Crippen LogP contribution in [0, 0.1) is 0 Å². The summed E-state index contributed by atoms with van der Waals surface area (Å²) >= 11 is 6.25. The van der Waals surface area contributed by atoms with Crippen LogP contribution in [0.5, 0.6) is 0 Å². The van der Waals surface area contributed by atoms with Crippen LogP contribution < -0.4 is 10.5 Å². The molecule has 1 saturated heterocycles. The lowest BCUT2D eigenvalue weighted by molar-refractivity contribution is 0.242. The van der Waals surface area contributed by atoms with E-state index < -0.39 is 0 Å². The average molecular weight is 374 g/mol. The normalized spacial score (nSPS) is 18.0. The lowest BCUT2D eigenvalue weighted by Gasteiger charge is -2.36. The topological polar surface area (TPSA) is 54.3 Å². The molecule has 0 radical (unpaired) electrons. The number of pyridine rings is 1. The number of nitrogens with zero attached hydrogens (tertiary/aromatic N) is 5. The molecule has 0 N–H and O–H groups in total. The maximum absolute atomic E-state index is 12.3. The largest absolute Gasteiger partial charge is 0.368 e. The van der Waals surface area contributed by atoms with E-state index in [1.54, 1.807) is 23.1 Å². The first-order valence-corrected chi connectivity index (χ1v) is 9.75. The van der Waals surface area contributed by atoms with Crippen LogP contribution in [-0.2, 0) is 19.4 Å². The van der Waals surface area contributed by atoms with Crippen molar-refractivity contribution in [3.05, 3.63) is 51.2 Å². The lowest BCUT2D eigenvalue weighted by Crippen LogP contribution is -2.47. The number of anilines is 1. The van der Waals surface area contributed by atoms with Crippen molar-refractivity contribution in [3.63, 3.8) is 0 Å². The summed E-state index contributed by atoms with van der Waals surface area (Å²) in [5, 5.41) is 5.31. The molecule has 138 valence electrons. The fourth-order valence-electron chi connectivity index (χ4n) is 3.83. The lowest BCUT2D eigenvalue weighted by atomic mass is 9.97. The van der Waals surface area contributed by atoms with Crippen molar-refractivity contribution < 1.29 is 0 Å². The van der Waals surface area contributed by atoms with Crippen LogP contribution in [0.2, 0.25) is 5.02 Å². The van der Waals surface area contributed by atoms with Gasteiger partial charge in [-0.25, -0.2) is 4.68 Å². The standard InChI is InChI=1S/C19H24ClN5O/c20-16-14-21-6-5-18(16)24-10-7-23(8-11-24)9-12-25-19(26)13-15-3-1-2-4-17(15)22-25/h5-6,13-14H,1-4,7-12H2. The molecule has 1 fully saturated rings. The molecule has 26 heavy (non-hydrogen) atoms. The molecule has 4 rings (SSSR count). The van der Waals surface area contributed by atoms with Gasteiger partial charge in [-0.2, -0.15) is 5.10 Å². The highest BCUT2D eigenvalue weighted by molar-refractivity contribution is 6.33. The second kappa shape index (κ2) is 7.76. The molecular formula is C19H24ClN5O. The molecule has 1 aliphatic heterocycles. The fourth-order valence-corrected chi connectivity index (χ4v) is 4.07. The van der Waals surface area contributed by atoms with Gasteiger partial charge in [-0.15, -0.1) is 0 Å².